The predicted molar refractivity (Wildman–Crippen MR) is 123 cm³/mol. The number of hydrogen-bond donors (Lipinski definition) is 1. The fourth-order valence-corrected chi connectivity index (χ4v) is 4.87. The maximum atomic E-state index is 13.4. The van der Waals surface area contributed by atoms with Gasteiger partial charge in [0.15, 0.2) is 0 Å². The van der Waals surface area contributed by atoms with Crippen molar-refractivity contribution in [3.63, 3.8) is 0 Å². The molecule has 6 nitrogen and oxygen atoms in total. The van der Waals surface area contributed by atoms with Crippen molar-refractivity contribution in [2.24, 2.45) is 0 Å². The summed E-state index contributed by atoms with van der Waals surface area (Å²) in [6, 6.07) is 13.6. The number of ether oxygens (including phenoxy) is 1. The van der Waals surface area contributed by atoms with E-state index in [0.717, 1.165) is 52.2 Å². The van der Waals surface area contributed by atoms with E-state index in [1.807, 2.05) is 71.1 Å². The maximum absolute atomic E-state index is 13.4. The number of aliphatic hydroxyl groups excluding tert-OH is 1. The van der Waals surface area contributed by atoms with Gasteiger partial charge in [0.25, 0.3) is 0 Å². The van der Waals surface area contributed by atoms with Crippen LogP contribution >= 0.6 is 0 Å². The fourth-order valence-electron chi connectivity index (χ4n) is 4.87. The largest absolute Gasteiger partial charge is 0.495 e. The second kappa shape index (κ2) is 8.28. The minimum Gasteiger partial charge on any atom is -0.495 e. The van der Waals surface area contributed by atoms with Crippen LogP contribution in [0.5, 0.6) is 5.75 Å². The van der Waals surface area contributed by atoms with Gasteiger partial charge >= 0.3 is 0 Å². The second-order valence-electron chi connectivity index (χ2n) is 8.54. The van der Waals surface area contributed by atoms with Gasteiger partial charge < -0.3 is 19.3 Å². The molecule has 2 heterocycles. The Bertz CT molecular complexity index is 1200. The molecule has 6 heteroatoms. The van der Waals surface area contributed by atoms with Gasteiger partial charge in [-0.05, 0) is 61.1 Å². The zero-order valence-corrected chi connectivity index (χ0v) is 18.4. The molecule has 32 heavy (non-hydrogen) atoms. The molecule has 0 saturated carbocycles. The molecule has 1 fully saturated rings. The number of hydrogen-bond acceptors (Lipinski definition) is 4. The van der Waals surface area contributed by atoms with E-state index in [1.54, 1.807) is 13.4 Å². The van der Waals surface area contributed by atoms with E-state index in [2.05, 4.69) is 4.98 Å². The number of carbonyl (C=O) groups is 1. The number of imidazole rings is 1. The topological polar surface area (TPSA) is 67.6 Å². The highest BCUT2D eigenvalue weighted by Gasteiger charge is 2.39. The molecule has 2 aromatic carbocycles. The van der Waals surface area contributed by atoms with Crippen LogP contribution in [-0.2, 0) is 11.2 Å². The molecule has 2 aliphatic rings. The average molecular weight is 430 g/mol. The number of aryl methyl sites for hydroxylation is 1. The van der Waals surface area contributed by atoms with Crippen LogP contribution in [0.1, 0.15) is 41.3 Å². The lowest BCUT2D eigenvalue weighted by atomic mass is 9.97. The van der Waals surface area contributed by atoms with Crippen LogP contribution in [0.2, 0.25) is 0 Å². The molecule has 0 spiro atoms. The van der Waals surface area contributed by atoms with Crippen molar-refractivity contribution in [1.29, 1.82) is 0 Å². The Morgan fingerprint density at radius 3 is 2.81 bits per heavy atom. The minimum absolute atomic E-state index is 0.0152. The lowest BCUT2D eigenvalue weighted by Gasteiger charge is -2.35. The van der Waals surface area contributed by atoms with Gasteiger partial charge in [-0.1, -0.05) is 30.3 Å². The summed E-state index contributed by atoms with van der Waals surface area (Å²) >= 11 is 0. The van der Waals surface area contributed by atoms with Crippen molar-refractivity contribution in [1.82, 2.24) is 14.5 Å². The third-order valence-corrected chi connectivity index (χ3v) is 6.48. The summed E-state index contributed by atoms with van der Waals surface area (Å²) < 4.78 is 7.54. The Morgan fingerprint density at radius 2 is 2.06 bits per heavy atom. The number of amides is 1. The Balaban J connectivity index is 1.40. The van der Waals surface area contributed by atoms with Crippen molar-refractivity contribution in [2.75, 3.05) is 13.7 Å². The summed E-state index contributed by atoms with van der Waals surface area (Å²) in [6.45, 7) is 2.62. The number of likely N-dealkylation sites (tertiary alicyclic amines) is 1. The standard InChI is InChI=1S/C26H27N3O3/c1-17-15-28(16-27-17)22-10-9-18(13-24(22)32-2)12-20-7-5-11-29(26(20)31)23-14-19-6-3-4-8-21(19)25(23)30/h3-4,6,8-10,12-13,15-16,23,25,30H,5,7,11,14H2,1-2H3/b20-12+/t23-,25+/m1/s1. The van der Waals surface area contributed by atoms with Crippen molar-refractivity contribution in [2.45, 2.75) is 38.3 Å². The van der Waals surface area contributed by atoms with Crippen molar-refractivity contribution in [3.05, 3.63) is 82.9 Å². The number of rotatable bonds is 4. The summed E-state index contributed by atoms with van der Waals surface area (Å²) in [7, 11) is 1.65. The Labute approximate surface area is 187 Å². The number of benzene rings is 2. The lowest BCUT2D eigenvalue weighted by Crippen LogP contribution is -2.46. The molecule has 3 aromatic rings. The number of fused-ring (bicyclic) bond motifs is 1. The molecule has 0 bridgehead atoms. The van der Waals surface area contributed by atoms with E-state index in [4.69, 9.17) is 4.74 Å². The Hall–Kier alpha value is -3.38. The Morgan fingerprint density at radius 1 is 1.22 bits per heavy atom. The number of nitrogens with zero attached hydrogens (tertiary/aromatic N) is 3. The maximum Gasteiger partial charge on any atom is 0.250 e. The van der Waals surface area contributed by atoms with Gasteiger partial charge in [0.1, 0.15) is 5.75 Å². The van der Waals surface area contributed by atoms with Gasteiger partial charge in [-0.3, -0.25) is 4.79 Å². The smallest absolute Gasteiger partial charge is 0.250 e. The first-order valence-corrected chi connectivity index (χ1v) is 11.0. The Kier molecular flexibility index (Phi) is 5.31. The van der Waals surface area contributed by atoms with E-state index in [-0.39, 0.29) is 11.9 Å². The summed E-state index contributed by atoms with van der Waals surface area (Å²) in [5, 5.41) is 10.9. The summed E-state index contributed by atoms with van der Waals surface area (Å²) in [5.41, 5.74) is 5.59. The first-order chi connectivity index (χ1) is 15.5. The lowest BCUT2D eigenvalue weighted by molar-refractivity contribution is -0.133. The molecule has 1 aliphatic carbocycles. The molecular weight excluding hydrogens is 402 g/mol. The molecule has 2 atom stereocenters. The zero-order valence-electron chi connectivity index (χ0n) is 18.4. The third kappa shape index (κ3) is 3.60. The average Bonchev–Trinajstić information content (AvgIpc) is 3.38. The van der Waals surface area contributed by atoms with Crippen LogP contribution in [0.15, 0.2) is 60.6 Å². The minimum atomic E-state index is -0.632. The molecule has 1 aromatic heterocycles. The van der Waals surface area contributed by atoms with Crippen LogP contribution in [0.25, 0.3) is 11.8 Å². The molecular formula is C26H27N3O3. The van der Waals surface area contributed by atoms with Gasteiger partial charge in [0, 0.05) is 18.3 Å². The van der Waals surface area contributed by atoms with E-state index >= 15 is 0 Å². The molecule has 0 unspecified atom stereocenters. The summed E-state index contributed by atoms with van der Waals surface area (Å²) in [4.78, 5) is 19.5. The molecule has 0 radical (unpaired) electrons. The van der Waals surface area contributed by atoms with E-state index < -0.39 is 6.10 Å². The van der Waals surface area contributed by atoms with Crippen molar-refractivity contribution >= 4 is 12.0 Å². The quantitative estimate of drug-likeness (QED) is 0.640. The molecule has 1 aliphatic heterocycles. The van der Waals surface area contributed by atoms with Gasteiger partial charge in [0.05, 0.1) is 37.0 Å². The highest BCUT2D eigenvalue weighted by atomic mass is 16.5. The highest BCUT2D eigenvalue weighted by Crippen LogP contribution is 2.37. The van der Waals surface area contributed by atoms with Crippen LogP contribution in [-0.4, -0.2) is 45.2 Å². The van der Waals surface area contributed by atoms with Gasteiger partial charge in [0.2, 0.25) is 5.91 Å². The highest BCUT2D eigenvalue weighted by molar-refractivity contribution is 5.99. The molecule has 164 valence electrons. The van der Waals surface area contributed by atoms with Crippen molar-refractivity contribution < 1.29 is 14.6 Å². The summed E-state index contributed by atoms with van der Waals surface area (Å²) in [5.74, 6) is 0.736. The number of aliphatic hydroxyl groups is 1. The van der Waals surface area contributed by atoms with Gasteiger partial charge in [-0.2, -0.15) is 0 Å². The van der Waals surface area contributed by atoms with Crippen LogP contribution in [0.4, 0.5) is 0 Å². The zero-order chi connectivity index (χ0) is 22.2. The predicted octanol–water partition coefficient (Wildman–Crippen LogP) is 3.85. The SMILES string of the molecule is COc1cc(/C=C2\CCCN([C@@H]3Cc4ccccc4[C@@H]3O)C2=O)ccc1-n1cnc(C)c1. The second-order valence-corrected chi connectivity index (χ2v) is 8.54. The fraction of sp³-hybridized carbons (Fsp3) is 0.308. The number of aromatic nitrogens is 2. The van der Waals surface area contributed by atoms with Crippen LogP contribution in [0.3, 0.4) is 0 Å². The normalized spacial score (nSPS) is 21.8. The number of piperidine rings is 1. The van der Waals surface area contributed by atoms with Gasteiger partial charge in [-0.25, -0.2) is 4.98 Å². The monoisotopic (exact) mass is 429 g/mol. The van der Waals surface area contributed by atoms with E-state index in [0.29, 0.717) is 13.0 Å². The number of carbonyl (C=O) groups excluding carboxylic acids is 1. The molecule has 1 N–H and O–H groups in total. The first kappa shape index (κ1) is 20.5. The third-order valence-electron chi connectivity index (χ3n) is 6.48. The molecule has 1 amide bonds. The number of methoxy groups -OCH3 is 1. The summed E-state index contributed by atoms with van der Waals surface area (Å²) in [6.07, 6.45) is 7.35. The van der Waals surface area contributed by atoms with Crippen LogP contribution in [0, 0.1) is 6.92 Å². The van der Waals surface area contributed by atoms with E-state index in [9.17, 15) is 9.90 Å². The molecule has 5 rings (SSSR count). The molecule has 1 saturated heterocycles. The van der Waals surface area contributed by atoms with Crippen LogP contribution < -0.4 is 4.74 Å². The van der Waals surface area contributed by atoms with E-state index in [1.165, 1.54) is 0 Å². The van der Waals surface area contributed by atoms with Crippen molar-refractivity contribution in [3.8, 4) is 11.4 Å². The first-order valence-electron chi connectivity index (χ1n) is 11.0. The van der Waals surface area contributed by atoms with Gasteiger partial charge in [-0.15, -0.1) is 0 Å².